The van der Waals surface area contributed by atoms with Crippen molar-refractivity contribution in [1.29, 1.82) is 0 Å². The van der Waals surface area contributed by atoms with Gasteiger partial charge in [-0.3, -0.25) is 4.79 Å². The Labute approximate surface area is 187 Å². The van der Waals surface area contributed by atoms with Gasteiger partial charge in [-0.05, 0) is 39.0 Å². The van der Waals surface area contributed by atoms with E-state index in [4.69, 9.17) is 32.4 Å². The van der Waals surface area contributed by atoms with E-state index in [1.807, 2.05) is 19.9 Å². The maximum absolute atomic E-state index is 12.9. The number of hydrogen-bond acceptors (Lipinski definition) is 6. The van der Waals surface area contributed by atoms with Crippen molar-refractivity contribution in [2.24, 2.45) is 0 Å². The van der Waals surface area contributed by atoms with Crippen LogP contribution >= 0.6 is 23.2 Å². The summed E-state index contributed by atoms with van der Waals surface area (Å²) in [4.78, 5) is 29.3. The summed E-state index contributed by atoms with van der Waals surface area (Å²) in [6.45, 7) is 6.95. The number of aryl methyl sites for hydroxylation is 1. The molecule has 1 amide bonds. The van der Waals surface area contributed by atoms with Crippen molar-refractivity contribution in [1.82, 2.24) is 15.2 Å². The van der Waals surface area contributed by atoms with E-state index in [-0.39, 0.29) is 28.8 Å². The molecule has 0 radical (unpaired) electrons. The SMILES string of the molecule is Cc1[nH]c(C(=O)Nc2ccc(-c3n[nH]c(=O)o3)cc2N2CC(C)OC(C)C2)c(Cl)c1Cl. The number of anilines is 2. The van der Waals surface area contributed by atoms with Crippen LogP contribution in [0.2, 0.25) is 10.0 Å². The molecule has 1 saturated heterocycles. The number of aromatic amines is 2. The average Bonchev–Trinajstić information content (AvgIpc) is 3.26. The number of nitrogens with zero attached hydrogens (tertiary/aromatic N) is 2. The molecule has 3 N–H and O–H groups in total. The number of halogens is 2. The van der Waals surface area contributed by atoms with Crippen LogP contribution in [0.1, 0.15) is 30.0 Å². The molecule has 11 heteroatoms. The maximum atomic E-state index is 12.9. The fraction of sp³-hybridized carbons (Fsp3) is 0.350. The quantitative estimate of drug-likeness (QED) is 0.538. The van der Waals surface area contributed by atoms with Crippen molar-refractivity contribution in [3.8, 4) is 11.5 Å². The Morgan fingerprint density at radius 3 is 2.52 bits per heavy atom. The third-order valence-corrected chi connectivity index (χ3v) is 5.92. The third kappa shape index (κ3) is 4.34. The first-order valence-electron chi connectivity index (χ1n) is 9.68. The predicted octanol–water partition coefficient (Wildman–Crippen LogP) is 3.84. The van der Waals surface area contributed by atoms with Crippen LogP contribution in [-0.2, 0) is 4.74 Å². The molecule has 1 fully saturated rings. The van der Waals surface area contributed by atoms with Gasteiger partial charge in [-0.15, -0.1) is 5.10 Å². The molecular formula is C20H21Cl2N5O4. The third-order valence-electron chi connectivity index (χ3n) is 4.97. The van der Waals surface area contributed by atoms with E-state index in [0.717, 1.165) is 5.69 Å². The Hall–Kier alpha value is -2.75. The zero-order chi connectivity index (χ0) is 22.3. The number of rotatable bonds is 4. The topological polar surface area (TPSA) is 116 Å². The summed E-state index contributed by atoms with van der Waals surface area (Å²) in [6, 6.07) is 5.25. The Balaban J connectivity index is 1.72. The number of benzene rings is 1. The number of carbonyl (C=O) groups excluding carboxylic acids is 1. The van der Waals surface area contributed by atoms with E-state index in [2.05, 4.69) is 25.4 Å². The molecule has 0 spiro atoms. The van der Waals surface area contributed by atoms with E-state index >= 15 is 0 Å². The minimum Gasteiger partial charge on any atom is -0.388 e. The van der Waals surface area contributed by atoms with E-state index < -0.39 is 11.7 Å². The van der Waals surface area contributed by atoms with Crippen molar-refractivity contribution >= 4 is 40.5 Å². The molecule has 2 unspecified atom stereocenters. The summed E-state index contributed by atoms with van der Waals surface area (Å²) in [7, 11) is 0. The molecule has 0 saturated carbocycles. The predicted molar refractivity (Wildman–Crippen MR) is 118 cm³/mol. The van der Waals surface area contributed by atoms with Gasteiger partial charge in [0.25, 0.3) is 5.91 Å². The molecule has 2 aromatic heterocycles. The highest BCUT2D eigenvalue weighted by Gasteiger charge is 2.26. The van der Waals surface area contributed by atoms with Gasteiger partial charge in [0.2, 0.25) is 5.89 Å². The first kappa shape index (κ1) is 21.5. The zero-order valence-corrected chi connectivity index (χ0v) is 18.6. The number of hydrogen-bond donors (Lipinski definition) is 3. The van der Waals surface area contributed by atoms with Crippen molar-refractivity contribution in [3.05, 3.63) is 50.2 Å². The monoisotopic (exact) mass is 465 g/mol. The van der Waals surface area contributed by atoms with Crippen LogP contribution < -0.4 is 16.0 Å². The molecule has 1 aromatic carbocycles. The van der Waals surface area contributed by atoms with E-state index in [1.54, 1.807) is 19.1 Å². The molecule has 3 heterocycles. The van der Waals surface area contributed by atoms with Gasteiger partial charge in [0, 0.05) is 24.3 Å². The Bertz CT molecular complexity index is 1170. The largest absolute Gasteiger partial charge is 0.434 e. The highest BCUT2D eigenvalue weighted by Crippen LogP contribution is 2.34. The second-order valence-corrected chi connectivity index (χ2v) is 8.28. The Morgan fingerprint density at radius 2 is 1.94 bits per heavy atom. The van der Waals surface area contributed by atoms with E-state index in [9.17, 15) is 9.59 Å². The number of carbonyl (C=O) groups is 1. The number of amides is 1. The minimum atomic E-state index is -0.642. The average molecular weight is 466 g/mol. The van der Waals surface area contributed by atoms with Crippen LogP contribution in [-0.4, -0.2) is 46.4 Å². The molecule has 0 bridgehead atoms. The van der Waals surface area contributed by atoms with Crippen molar-refractivity contribution in [2.75, 3.05) is 23.3 Å². The van der Waals surface area contributed by atoms with Crippen molar-refractivity contribution in [2.45, 2.75) is 33.0 Å². The molecule has 9 nitrogen and oxygen atoms in total. The van der Waals surface area contributed by atoms with Crippen LogP contribution in [0.3, 0.4) is 0 Å². The molecule has 4 rings (SSSR count). The molecule has 31 heavy (non-hydrogen) atoms. The highest BCUT2D eigenvalue weighted by atomic mass is 35.5. The van der Waals surface area contributed by atoms with Crippen LogP contribution in [0, 0.1) is 6.92 Å². The van der Waals surface area contributed by atoms with Gasteiger partial charge in [-0.1, -0.05) is 23.2 Å². The second-order valence-electron chi connectivity index (χ2n) is 7.52. The summed E-state index contributed by atoms with van der Waals surface area (Å²) in [5.74, 6) is -0.904. The summed E-state index contributed by atoms with van der Waals surface area (Å²) >= 11 is 12.3. The molecule has 1 aliphatic heterocycles. The molecule has 2 atom stereocenters. The summed E-state index contributed by atoms with van der Waals surface area (Å²) in [6.07, 6.45) is -0.00263. The lowest BCUT2D eigenvalue weighted by Gasteiger charge is -2.37. The lowest BCUT2D eigenvalue weighted by atomic mass is 10.1. The number of ether oxygens (including phenoxy) is 1. The number of H-pyrrole nitrogens is 2. The normalized spacial score (nSPS) is 18.9. The summed E-state index contributed by atoms with van der Waals surface area (Å²) in [5, 5.41) is 9.53. The van der Waals surface area contributed by atoms with Crippen molar-refractivity contribution in [3.63, 3.8) is 0 Å². The van der Waals surface area contributed by atoms with E-state index in [0.29, 0.717) is 35.1 Å². The van der Waals surface area contributed by atoms with Gasteiger partial charge in [0.05, 0.1) is 33.6 Å². The van der Waals surface area contributed by atoms with Gasteiger partial charge >= 0.3 is 5.76 Å². The Kier molecular flexibility index (Phi) is 5.83. The number of morpholine rings is 1. The standard InChI is InChI=1S/C20H21Cl2N5O4/c1-9-7-27(8-10(2)30-9)14-6-12(19-25-26-20(29)31-19)4-5-13(14)24-18(28)17-16(22)15(21)11(3)23-17/h4-6,9-10,23H,7-8H2,1-3H3,(H,24,28)(H,26,29). The van der Waals surface area contributed by atoms with E-state index in [1.165, 1.54) is 0 Å². The molecule has 164 valence electrons. The zero-order valence-electron chi connectivity index (χ0n) is 17.1. The first-order valence-corrected chi connectivity index (χ1v) is 10.4. The van der Waals surface area contributed by atoms with Crippen molar-refractivity contribution < 1.29 is 13.9 Å². The van der Waals surface area contributed by atoms with Crippen LogP contribution in [0.15, 0.2) is 27.4 Å². The van der Waals surface area contributed by atoms with Crippen LogP contribution in [0.5, 0.6) is 0 Å². The Morgan fingerprint density at radius 1 is 1.23 bits per heavy atom. The van der Waals surface area contributed by atoms with Gasteiger partial charge in [-0.25, -0.2) is 9.89 Å². The van der Waals surface area contributed by atoms with Crippen LogP contribution in [0.4, 0.5) is 11.4 Å². The lowest BCUT2D eigenvalue weighted by Crippen LogP contribution is -2.45. The summed E-state index contributed by atoms with van der Waals surface area (Å²) < 4.78 is 10.9. The molecule has 0 aliphatic carbocycles. The fourth-order valence-corrected chi connectivity index (χ4v) is 4.09. The molecular weight excluding hydrogens is 445 g/mol. The summed E-state index contributed by atoms with van der Waals surface area (Å²) in [5.41, 5.74) is 2.68. The smallest absolute Gasteiger partial charge is 0.388 e. The number of aromatic nitrogens is 3. The molecule has 3 aromatic rings. The lowest BCUT2D eigenvalue weighted by molar-refractivity contribution is -0.00517. The van der Waals surface area contributed by atoms with Gasteiger partial charge in [0.1, 0.15) is 5.69 Å². The van der Waals surface area contributed by atoms with Gasteiger partial charge in [-0.2, -0.15) is 0 Å². The maximum Gasteiger partial charge on any atom is 0.434 e. The first-order chi connectivity index (χ1) is 14.7. The second kappa shape index (κ2) is 8.41. The minimum absolute atomic E-state index is 0.00131. The van der Waals surface area contributed by atoms with Crippen LogP contribution in [0.25, 0.3) is 11.5 Å². The number of nitrogens with one attached hydrogen (secondary N) is 3. The highest BCUT2D eigenvalue weighted by molar-refractivity contribution is 6.44. The van der Waals surface area contributed by atoms with Gasteiger partial charge < -0.3 is 24.4 Å². The fourth-order valence-electron chi connectivity index (χ4n) is 3.67. The molecule has 1 aliphatic rings. The van der Waals surface area contributed by atoms with Gasteiger partial charge in [0.15, 0.2) is 0 Å².